The first-order valence-corrected chi connectivity index (χ1v) is 17.7. The summed E-state index contributed by atoms with van der Waals surface area (Å²) >= 11 is 2.52. The molecule has 13 nitrogen and oxygen atoms in total. The Morgan fingerprint density at radius 1 is 0.647 bits per heavy atom. The van der Waals surface area contributed by atoms with E-state index in [0.29, 0.717) is 9.81 Å². The van der Waals surface area contributed by atoms with Gasteiger partial charge in [-0.15, -0.1) is 0 Å². The minimum Gasteiger partial charge on any atom is -0.379 e. The molecule has 0 fully saturated rings. The predicted octanol–water partition coefficient (Wildman–Crippen LogP) is 2.02. The summed E-state index contributed by atoms with van der Waals surface area (Å²) in [6.07, 6.45) is 0.198. The van der Waals surface area contributed by atoms with Crippen molar-refractivity contribution in [2.24, 2.45) is 5.73 Å². The number of rotatable bonds is 21. The quantitative estimate of drug-likeness (QED) is 0.0933. The third-order valence-electron chi connectivity index (χ3n) is 7.17. The van der Waals surface area contributed by atoms with Gasteiger partial charge < -0.3 is 31.2 Å². The van der Waals surface area contributed by atoms with Gasteiger partial charge in [-0.2, -0.15) is 0 Å². The Hall–Kier alpha value is -4.96. The van der Waals surface area contributed by atoms with Crippen molar-refractivity contribution in [2.45, 2.75) is 28.7 Å². The highest BCUT2D eigenvalue weighted by Crippen LogP contribution is 2.42. The van der Waals surface area contributed by atoms with E-state index in [1.54, 1.807) is 24.3 Å². The summed E-state index contributed by atoms with van der Waals surface area (Å²) < 4.78 is 11.0. The molecule has 5 N–H and O–H groups in total. The Balaban J connectivity index is 1.07. The van der Waals surface area contributed by atoms with E-state index in [-0.39, 0.29) is 64.2 Å². The second-order valence-electron chi connectivity index (χ2n) is 11.0. The number of amides is 6. The van der Waals surface area contributed by atoms with E-state index >= 15 is 0 Å². The molecule has 0 saturated carbocycles. The molecule has 3 aromatic rings. The Kier molecular flexibility index (Phi) is 15.7. The van der Waals surface area contributed by atoms with Crippen LogP contribution < -0.4 is 21.7 Å². The van der Waals surface area contributed by atoms with E-state index in [0.717, 1.165) is 15.4 Å². The molecule has 268 valence electrons. The third-order valence-corrected chi connectivity index (χ3v) is 9.48. The zero-order chi connectivity index (χ0) is 36.4. The Morgan fingerprint density at radius 3 is 1.69 bits per heavy atom. The highest BCUT2D eigenvalue weighted by molar-refractivity contribution is 8.08. The smallest absolute Gasteiger partial charge is 0.268 e. The molecule has 51 heavy (non-hydrogen) atoms. The fourth-order valence-corrected chi connectivity index (χ4v) is 6.66. The lowest BCUT2D eigenvalue weighted by molar-refractivity contribution is -0.138. The Labute approximate surface area is 304 Å². The van der Waals surface area contributed by atoms with Crippen LogP contribution in [-0.2, 0) is 44.7 Å². The van der Waals surface area contributed by atoms with Crippen molar-refractivity contribution >= 4 is 59.0 Å². The fraction of sp³-hybridized carbons (Fsp3) is 0.278. The van der Waals surface area contributed by atoms with Gasteiger partial charge in [-0.25, -0.2) is 0 Å². The molecule has 1 aliphatic rings. The lowest BCUT2D eigenvalue weighted by Gasteiger charge is -2.16. The van der Waals surface area contributed by atoms with E-state index < -0.39 is 36.2 Å². The van der Waals surface area contributed by atoms with Gasteiger partial charge >= 0.3 is 0 Å². The summed E-state index contributed by atoms with van der Waals surface area (Å²) in [5.74, 6) is -3.06. The van der Waals surface area contributed by atoms with E-state index in [4.69, 9.17) is 15.2 Å². The molecule has 3 aromatic carbocycles. The fourth-order valence-electron chi connectivity index (χ4n) is 4.60. The van der Waals surface area contributed by atoms with Crippen LogP contribution in [0, 0.1) is 0 Å². The maximum atomic E-state index is 13.3. The van der Waals surface area contributed by atoms with Crippen LogP contribution in [0.1, 0.15) is 12.0 Å². The molecule has 4 rings (SSSR count). The Morgan fingerprint density at radius 2 is 1.14 bits per heavy atom. The summed E-state index contributed by atoms with van der Waals surface area (Å²) in [4.78, 5) is 78.4. The average molecular weight is 734 g/mol. The van der Waals surface area contributed by atoms with Crippen molar-refractivity contribution in [3.63, 3.8) is 0 Å². The molecule has 0 aliphatic carbocycles. The zero-order valence-corrected chi connectivity index (χ0v) is 29.3. The summed E-state index contributed by atoms with van der Waals surface area (Å²) in [7, 11) is 0. The van der Waals surface area contributed by atoms with Crippen molar-refractivity contribution < 1.29 is 38.2 Å². The van der Waals surface area contributed by atoms with Crippen molar-refractivity contribution in [3.8, 4) is 0 Å². The number of ether oxygens (including phenoxy) is 2. The molecule has 1 unspecified atom stereocenters. The number of benzene rings is 3. The van der Waals surface area contributed by atoms with Crippen LogP contribution in [0.25, 0.3) is 0 Å². The predicted molar refractivity (Wildman–Crippen MR) is 192 cm³/mol. The monoisotopic (exact) mass is 733 g/mol. The molecule has 6 amide bonds. The van der Waals surface area contributed by atoms with Gasteiger partial charge in [0.25, 0.3) is 11.8 Å². The van der Waals surface area contributed by atoms with Gasteiger partial charge in [0.05, 0.1) is 55.9 Å². The van der Waals surface area contributed by atoms with Crippen molar-refractivity contribution in [2.75, 3.05) is 46.1 Å². The number of imide groups is 1. The highest BCUT2D eigenvalue weighted by atomic mass is 32.2. The van der Waals surface area contributed by atoms with Crippen molar-refractivity contribution in [3.05, 3.63) is 106 Å². The van der Waals surface area contributed by atoms with E-state index in [2.05, 4.69) is 16.0 Å². The van der Waals surface area contributed by atoms with Crippen LogP contribution in [0.2, 0.25) is 0 Å². The normalized spacial score (nSPS) is 13.2. The molecule has 0 aromatic heterocycles. The maximum absolute atomic E-state index is 13.3. The second kappa shape index (κ2) is 20.7. The molecule has 1 aliphatic heterocycles. The van der Waals surface area contributed by atoms with Crippen LogP contribution >= 0.6 is 23.5 Å². The molecule has 0 radical (unpaired) electrons. The van der Waals surface area contributed by atoms with Gasteiger partial charge in [-0.05, 0) is 29.8 Å². The molecule has 0 bridgehead atoms. The minimum absolute atomic E-state index is 0.0142. The summed E-state index contributed by atoms with van der Waals surface area (Å²) in [6, 6.07) is 26.9. The standard InChI is InChI=1S/C36H39N5O8S2/c37-34(45)28(22-25-10-4-1-5-11-25)40-31(44)24-39-30(43)23-38-29(42)16-18-48-20-21-49-19-17-41-35(46)32(50-26-12-6-2-7-13-26)33(36(41)47)51-27-14-8-3-9-15-27/h1-15,28H,16-24H2,(H2,37,45)(H,38,42)(H,39,43)(H,40,44). The number of nitrogens with one attached hydrogen (secondary N) is 3. The first-order chi connectivity index (χ1) is 24.7. The number of primary amides is 1. The zero-order valence-electron chi connectivity index (χ0n) is 27.7. The number of hydrogen-bond donors (Lipinski definition) is 4. The van der Waals surface area contributed by atoms with Crippen LogP contribution in [0.15, 0.2) is 111 Å². The van der Waals surface area contributed by atoms with Crippen molar-refractivity contribution in [1.29, 1.82) is 0 Å². The Bertz CT molecular complexity index is 1630. The first kappa shape index (κ1) is 38.8. The van der Waals surface area contributed by atoms with Crippen LogP contribution in [-0.4, -0.2) is 92.4 Å². The molecular formula is C36H39N5O8S2. The first-order valence-electron chi connectivity index (χ1n) is 16.1. The largest absolute Gasteiger partial charge is 0.379 e. The van der Waals surface area contributed by atoms with Gasteiger partial charge in [0.15, 0.2) is 0 Å². The molecule has 1 atom stereocenters. The SMILES string of the molecule is NC(=O)C(Cc1ccccc1)NC(=O)CNC(=O)CNC(=O)CCOCCOCCN1C(=O)C(Sc2ccccc2)=C(Sc2ccccc2)C1=O. The summed E-state index contributed by atoms with van der Waals surface area (Å²) in [5.41, 5.74) is 6.21. The van der Waals surface area contributed by atoms with Crippen molar-refractivity contribution in [1.82, 2.24) is 20.9 Å². The van der Waals surface area contributed by atoms with Gasteiger partial charge in [-0.1, -0.05) is 90.3 Å². The van der Waals surface area contributed by atoms with Gasteiger partial charge in [0, 0.05) is 22.6 Å². The van der Waals surface area contributed by atoms with Gasteiger partial charge in [-0.3, -0.25) is 33.7 Å². The minimum atomic E-state index is -0.937. The summed E-state index contributed by atoms with van der Waals surface area (Å²) in [6.45, 7) is -0.147. The van der Waals surface area contributed by atoms with Crippen LogP contribution in [0.5, 0.6) is 0 Å². The molecule has 0 saturated heterocycles. The van der Waals surface area contributed by atoms with Gasteiger partial charge in [0.2, 0.25) is 23.6 Å². The number of thioether (sulfide) groups is 2. The number of hydrogen-bond acceptors (Lipinski definition) is 10. The lowest BCUT2D eigenvalue weighted by Crippen LogP contribution is -2.49. The van der Waals surface area contributed by atoms with Crippen LogP contribution in [0.4, 0.5) is 0 Å². The number of nitrogens with two attached hydrogens (primary N) is 1. The van der Waals surface area contributed by atoms with Gasteiger partial charge in [0.1, 0.15) is 6.04 Å². The van der Waals surface area contributed by atoms with E-state index in [1.165, 1.54) is 28.4 Å². The third kappa shape index (κ3) is 13.0. The van der Waals surface area contributed by atoms with E-state index in [9.17, 15) is 28.8 Å². The second-order valence-corrected chi connectivity index (χ2v) is 13.2. The topological polar surface area (TPSA) is 186 Å². The molecule has 15 heteroatoms. The summed E-state index contributed by atoms with van der Waals surface area (Å²) in [5, 5.41) is 7.32. The molecule has 0 spiro atoms. The number of nitrogens with zero attached hydrogens (tertiary/aromatic N) is 1. The average Bonchev–Trinajstić information content (AvgIpc) is 3.35. The lowest BCUT2D eigenvalue weighted by atomic mass is 10.1. The number of carbonyl (C=O) groups excluding carboxylic acids is 6. The maximum Gasteiger partial charge on any atom is 0.268 e. The van der Waals surface area contributed by atoms with Crippen LogP contribution in [0.3, 0.4) is 0 Å². The molecular weight excluding hydrogens is 695 g/mol. The van der Waals surface area contributed by atoms with E-state index in [1.807, 2.05) is 66.7 Å². The molecule has 1 heterocycles. The number of carbonyl (C=O) groups is 6. The highest BCUT2D eigenvalue weighted by Gasteiger charge is 2.39.